The highest BCUT2D eigenvalue weighted by molar-refractivity contribution is 8.02. The van der Waals surface area contributed by atoms with Gasteiger partial charge in [-0.25, -0.2) is 4.79 Å². The number of carbonyl (C=O) groups excluding carboxylic acids is 3. The molecule has 0 saturated carbocycles. The predicted molar refractivity (Wildman–Crippen MR) is 126 cm³/mol. The molecular weight excluding hydrogens is 446 g/mol. The molecule has 0 radical (unpaired) electrons. The minimum absolute atomic E-state index is 0.108. The Morgan fingerprint density at radius 1 is 0.969 bits per heavy atom. The molecule has 0 aliphatic rings. The van der Waals surface area contributed by atoms with Gasteiger partial charge in [0.2, 0.25) is 5.78 Å². The van der Waals surface area contributed by atoms with E-state index in [1.807, 2.05) is 34.9 Å². The molecule has 164 valence electrons. The van der Waals surface area contributed by atoms with Gasteiger partial charge in [-0.2, -0.15) is 0 Å². The lowest BCUT2D eigenvalue weighted by molar-refractivity contribution is -0.139. The molecule has 4 rings (SSSR count). The zero-order valence-corrected chi connectivity index (χ0v) is 19.3. The van der Waals surface area contributed by atoms with Gasteiger partial charge in [0, 0.05) is 17.1 Å². The van der Waals surface area contributed by atoms with Gasteiger partial charge in [0.15, 0.2) is 0 Å². The van der Waals surface area contributed by atoms with Crippen LogP contribution in [0, 0.1) is 0 Å². The third-order valence-electron chi connectivity index (χ3n) is 4.81. The number of hydrogen-bond donors (Lipinski definition) is 0. The lowest BCUT2D eigenvalue weighted by Gasteiger charge is -2.04. The summed E-state index contributed by atoms with van der Waals surface area (Å²) < 4.78 is 13.1. The largest absolute Gasteiger partial charge is 0.465 e. The molecule has 0 unspecified atom stereocenters. The van der Waals surface area contributed by atoms with E-state index in [4.69, 9.17) is 9.47 Å². The quantitative estimate of drug-likeness (QED) is 0.201. The van der Waals surface area contributed by atoms with E-state index >= 15 is 0 Å². The molecular formula is C24H21NO5S2. The molecule has 32 heavy (non-hydrogen) atoms. The number of ether oxygens (including phenoxy) is 2. The first-order chi connectivity index (χ1) is 15.6. The van der Waals surface area contributed by atoms with Crippen LogP contribution in [0.1, 0.15) is 39.4 Å². The fourth-order valence-electron chi connectivity index (χ4n) is 3.54. The molecule has 0 amide bonds. The molecule has 0 atom stereocenters. The molecule has 0 spiro atoms. The minimum atomic E-state index is -0.479. The Morgan fingerprint density at radius 2 is 1.69 bits per heavy atom. The maximum atomic E-state index is 13.5. The summed E-state index contributed by atoms with van der Waals surface area (Å²) in [7, 11) is 0. The Hall–Kier alpha value is -3.10. The number of esters is 2. The molecule has 8 heteroatoms. The van der Waals surface area contributed by atoms with E-state index in [0.717, 1.165) is 9.73 Å². The molecule has 0 N–H and O–H groups in total. The van der Waals surface area contributed by atoms with Crippen LogP contribution in [0.3, 0.4) is 0 Å². The zero-order chi connectivity index (χ0) is 22.7. The van der Waals surface area contributed by atoms with Gasteiger partial charge in [-0.05, 0) is 26.0 Å². The zero-order valence-electron chi connectivity index (χ0n) is 17.6. The number of rotatable bonds is 8. The summed E-state index contributed by atoms with van der Waals surface area (Å²) in [6.07, 6.45) is 1.85. The third kappa shape index (κ3) is 4.03. The van der Waals surface area contributed by atoms with Crippen molar-refractivity contribution in [2.45, 2.75) is 18.1 Å². The minimum Gasteiger partial charge on any atom is -0.465 e. The highest BCUT2D eigenvalue weighted by atomic mass is 32.2. The number of hydrogen-bond acceptors (Lipinski definition) is 7. The second-order valence-electron chi connectivity index (χ2n) is 6.78. The number of nitrogens with zero attached hydrogens (tertiary/aromatic N) is 1. The van der Waals surface area contributed by atoms with Crippen LogP contribution in [-0.4, -0.2) is 41.1 Å². The molecule has 0 saturated heterocycles. The molecule has 3 aromatic heterocycles. The first-order valence-corrected chi connectivity index (χ1v) is 12.0. The van der Waals surface area contributed by atoms with Crippen LogP contribution >= 0.6 is 23.1 Å². The van der Waals surface area contributed by atoms with Gasteiger partial charge in [0.1, 0.15) is 0 Å². The molecule has 0 bridgehead atoms. The van der Waals surface area contributed by atoms with Gasteiger partial charge in [-0.1, -0.05) is 36.4 Å². The van der Waals surface area contributed by atoms with Gasteiger partial charge in [-0.15, -0.1) is 23.1 Å². The summed E-state index contributed by atoms with van der Waals surface area (Å²) in [6, 6.07) is 14.5. The van der Waals surface area contributed by atoms with E-state index in [1.54, 1.807) is 38.1 Å². The van der Waals surface area contributed by atoms with Crippen molar-refractivity contribution in [2.24, 2.45) is 0 Å². The number of aromatic nitrogens is 1. The molecule has 0 aliphatic heterocycles. The van der Waals surface area contributed by atoms with Crippen LogP contribution < -0.4 is 0 Å². The van der Waals surface area contributed by atoms with Gasteiger partial charge >= 0.3 is 11.9 Å². The highest BCUT2D eigenvalue weighted by Crippen LogP contribution is 2.43. The van der Waals surface area contributed by atoms with Gasteiger partial charge in [0.25, 0.3) is 0 Å². The average molecular weight is 468 g/mol. The predicted octanol–water partition coefficient (Wildman–Crippen LogP) is 5.22. The van der Waals surface area contributed by atoms with E-state index < -0.39 is 5.97 Å². The Balaban J connectivity index is 1.96. The second kappa shape index (κ2) is 9.58. The number of ketones is 1. The fraction of sp³-hybridized carbons (Fsp3) is 0.208. The fourth-order valence-corrected chi connectivity index (χ4v) is 5.86. The molecule has 6 nitrogen and oxygen atoms in total. The molecule has 4 aromatic rings. The van der Waals surface area contributed by atoms with E-state index in [2.05, 4.69) is 0 Å². The van der Waals surface area contributed by atoms with Crippen LogP contribution in [0.25, 0.3) is 16.4 Å². The van der Waals surface area contributed by atoms with Crippen molar-refractivity contribution >= 4 is 57.2 Å². The number of thioether (sulfide) groups is 1. The second-order valence-corrected chi connectivity index (χ2v) is 9.05. The average Bonchev–Trinajstić information content (AvgIpc) is 3.34. The topological polar surface area (TPSA) is 74.1 Å². The number of benzene rings is 1. The Labute approximate surface area is 193 Å². The first kappa shape index (κ1) is 22.1. The van der Waals surface area contributed by atoms with Crippen molar-refractivity contribution in [2.75, 3.05) is 19.0 Å². The van der Waals surface area contributed by atoms with Crippen molar-refractivity contribution in [1.82, 2.24) is 4.40 Å². The Bertz CT molecular complexity index is 1310. The molecule has 0 fully saturated rings. The van der Waals surface area contributed by atoms with Crippen LogP contribution in [0.15, 0.2) is 58.9 Å². The summed E-state index contributed by atoms with van der Waals surface area (Å²) in [5.74, 6) is -0.878. The van der Waals surface area contributed by atoms with Crippen molar-refractivity contribution in [3.05, 3.63) is 70.7 Å². The van der Waals surface area contributed by atoms with Gasteiger partial charge in [0.05, 0.1) is 44.6 Å². The molecule has 1 aromatic carbocycles. The SMILES string of the molecule is CCOC(=O)CSc1sc(C(=O)c2ccccc2)c2c(C(=O)OCC)c3ccccn3c12. The maximum absolute atomic E-state index is 13.5. The number of fused-ring (bicyclic) bond motifs is 3. The summed E-state index contributed by atoms with van der Waals surface area (Å²) in [6.45, 7) is 4.03. The van der Waals surface area contributed by atoms with Crippen molar-refractivity contribution in [3.8, 4) is 0 Å². The normalized spacial score (nSPS) is 11.1. The maximum Gasteiger partial charge on any atom is 0.341 e. The van der Waals surface area contributed by atoms with Gasteiger partial charge < -0.3 is 13.9 Å². The third-order valence-corrected chi connectivity index (χ3v) is 7.22. The smallest absolute Gasteiger partial charge is 0.341 e. The highest BCUT2D eigenvalue weighted by Gasteiger charge is 2.29. The van der Waals surface area contributed by atoms with E-state index in [0.29, 0.717) is 33.5 Å². The lowest BCUT2D eigenvalue weighted by Crippen LogP contribution is -2.06. The van der Waals surface area contributed by atoms with Crippen molar-refractivity contribution in [3.63, 3.8) is 0 Å². The van der Waals surface area contributed by atoms with E-state index in [9.17, 15) is 14.4 Å². The molecule has 3 heterocycles. The lowest BCUT2D eigenvalue weighted by atomic mass is 10.1. The van der Waals surface area contributed by atoms with Gasteiger partial charge in [-0.3, -0.25) is 9.59 Å². The van der Waals surface area contributed by atoms with Crippen LogP contribution in [0.2, 0.25) is 0 Å². The van der Waals surface area contributed by atoms with E-state index in [-0.39, 0.29) is 24.1 Å². The summed E-state index contributed by atoms with van der Waals surface area (Å²) in [4.78, 5) is 38.9. The van der Waals surface area contributed by atoms with Crippen molar-refractivity contribution in [1.29, 1.82) is 0 Å². The van der Waals surface area contributed by atoms with Crippen LogP contribution in [0.4, 0.5) is 0 Å². The first-order valence-electron chi connectivity index (χ1n) is 10.2. The standard InChI is InChI=1S/C24H21NO5S2/c1-3-29-17(26)14-31-24-20-19(22(32-24)21(27)15-10-6-5-7-11-15)18(23(28)30-4-2)16-12-8-9-13-25(16)20/h5-13H,3-4,14H2,1-2H3. The summed E-state index contributed by atoms with van der Waals surface area (Å²) >= 11 is 2.59. The number of pyridine rings is 1. The summed E-state index contributed by atoms with van der Waals surface area (Å²) in [5, 5.41) is 0.555. The van der Waals surface area contributed by atoms with Crippen LogP contribution in [0.5, 0.6) is 0 Å². The van der Waals surface area contributed by atoms with Crippen molar-refractivity contribution < 1.29 is 23.9 Å². The number of carbonyl (C=O) groups is 3. The Kier molecular flexibility index (Phi) is 6.62. The summed E-state index contributed by atoms with van der Waals surface area (Å²) in [5.41, 5.74) is 2.27. The number of thiophene rings is 1. The van der Waals surface area contributed by atoms with Crippen LogP contribution in [-0.2, 0) is 14.3 Å². The van der Waals surface area contributed by atoms with E-state index in [1.165, 1.54) is 23.1 Å². The molecule has 0 aliphatic carbocycles. The Morgan fingerprint density at radius 3 is 2.41 bits per heavy atom. The monoisotopic (exact) mass is 467 g/mol.